The van der Waals surface area contributed by atoms with Gasteiger partial charge < -0.3 is 9.63 Å². The third kappa shape index (κ3) is 4.48. The topological polar surface area (TPSA) is 78.6 Å². The van der Waals surface area contributed by atoms with E-state index in [1.54, 1.807) is 18.2 Å². The van der Waals surface area contributed by atoms with E-state index < -0.39 is 0 Å². The summed E-state index contributed by atoms with van der Waals surface area (Å²) in [6.07, 6.45) is 3.01. The third-order valence-corrected chi connectivity index (χ3v) is 4.28. The maximum Gasteiger partial charge on any atom is 0.240 e. The summed E-state index contributed by atoms with van der Waals surface area (Å²) in [5.41, 5.74) is 3.19. The molecular formula is C19H23N3O3. The van der Waals surface area contributed by atoms with Crippen LogP contribution in [0.15, 0.2) is 40.9 Å². The highest BCUT2D eigenvalue weighted by atomic mass is 16.5. The maximum atomic E-state index is 12.2. The van der Waals surface area contributed by atoms with Gasteiger partial charge in [-0.15, -0.1) is 0 Å². The van der Waals surface area contributed by atoms with Crippen LogP contribution in [0.5, 0.6) is 5.75 Å². The number of anilines is 1. The molecule has 1 aliphatic heterocycles. The highest BCUT2D eigenvalue weighted by Crippen LogP contribution is 2.24. The second-order valence-corrected chi connectivity index (χ2v) is 6.58. The zero-order valence-electron chi connectivity index (χ0n) is 14.5. The highest BCUT2D eigenvalue weighted by Gasteiger charge is 2.17. The number of aromatic hydroxyl groups is 1. The van der Waals surface area contributed by atoms with E-state index in [4.69, 9.17) is 4.52 Å². The second-order valence-electron chi connectivity index (χ2n) is 6.58. The van der Waals surface area contributed by atoms with Crippen molar-refractivity contribution in [2.24, 2.45) is 0 Å². The molecule has 0 unspecified atom stereocenters. The molecule has 0 bridgehead atoms. The summed E-state index contributed by atoms with van der Waals surface area (Å²) in [5, 5.41) is 16.1. The van der Waals surface area contributed by atoms with E-state index in [1.165, 1.54) is 5.57 Å². The van der Waals surface area contributed by atoms with Crippen LogP contribution >= 0.6 is 0 Å². The summed E-state index contributed by atoms with van der Waals surface area (Å²) < 4.78 is 5.14. The van der Waals surface area contributed by atoms with Crippen molar-refractivity contribution in [3.8, 4) is 5.75 Å². The summed E-state index contributed by atoms with van der Waals surface area (Å²) in [6, 6.07) is 8.98. The van der Waals surface area contributed by atoms with E-state index in [0.717, 1.165) is 30.8 Å². The quantitative estimate of drug-likeness (QED) is 0.873. The van der Waals surface area contributed by atoms with Gasteiger partial charge in [0.25, 0.3) is 0 Å². The molecule has 1 amide bonds. The van der Waals surface area contributed by atoms with Crippen LogP contribution in [0.3, 0.4) is 0 Å². The van der Waals surface area contributed by atoms with Crippen molar-refractivity contribution in [2.45, 2.75) is 26.2 Å². The smallest absolute Gasteiger partial charge is 0.240 e. The first kappa shape index (κ1) is 17.2. The minimum atomic E-state index is -0.104. The predicted octanol–water partition coefficient (Wildman–Crippen LogP) is 3.23. The zero-order valence-corrected chi connectivity index (χ0v) is 14.5. The number of carbonyl (C=O) groups is 1. The lowest BCUT2D eigenvalue weighted by Gasteiger charge is -2.25. The normalized spacial score (nSPS) is 15.2. The molecule has 6 nitrogen and oxygen atoms in total. The monoisotopic (exact) mass is 341 g/mol. The molecule has 0 radical (unpaired) electrons. The second kappa shape index (κ2) is 7.53. The Morgan fingerprint density at radius 3 is 2.72 bits per heavy atom. The number of hydrogen-bond acceptors (Lipinski definition) is 5. The van der Waals surface area contributed by atoms with Gasteiger partial charge in [-0.2, -0.15) is 0 Å². The van der Waals surface area contributed by atoms with Crippen molar-refractivity contribution in [2.75, 3.05) is 25.0 Å². The van der Waals surface area contributed by atoms with Gasteiger partial charge in [0.1, 0.15) is 5.75 Å². The molecule has 1 aromatic heterocycles. The summed E-state index contributed by atoms with van der Waals surface area (Å²) >= 11 is 0. The molecule has 1 aliphatic rings. The number of phenols is 1. The molecule has 2 aromatic rings. The van der Waals surface area contributed by atoms with E-state index in [1.807, 2.05) is 26.0 Å². The van der Waals surface area contributed by atoms with Crippen molar-refractivity contribution < 1.29 is 14.4 Å². The van der Waals surface area contributed by atoms with Crippen LogP contribution in [0.25, 0.3) is 5.57 Å². The summed E-state index contributed by atoms with van der Waals surface area (Å²) in [7, 11) is 0. The number of nitrogens with one attached hydrogen (secondary N) is 1. The number of hydrogen-bond donors (Lipinski definition) is 2. The SMILES string of the molecule is CC(C)c1cc(NC(=O)CN2CC=C(c3ccc(O)cc3)CC2)on1. The fraction of sp³-hybridized carbons (Fsp3) is 0.368. The Hall–Kier alpha value is -2.60. The Morgan fingerprint density at radius 2 is 2.12 bits per heavy atom. The average Bonchev–Trinajstić information content (AvgIpc) is 3.05. The molecule has 3 rings (SSSR count). The molecule has 2 heterocycles. The van der Waals surface area contributed by atoms with E-state index in [9.17, 15) is 9.90 Å². The molecule has 0 aliphatic carbocycles. The van der Waals surface area contributed by atoms with Gasteiger partial charge in [-0.3, -0.25) is 15.0 Å². The Kier molecular flexibility index (Phi) is 5.19. The lowest BCUT2D eigenvalue weighted by molar-refractivity contribution is -0.117. The van der Waals surface area contributed by atoms with Crippen molar-refractivity contribution >= 4 is 17.4 Å². The van der Waals surface area contributed by atoms with Crippen LogP contribution in [-0.4, -0.2) is 40.7 Å². The van der Waals surface area contributed by atoms with Crippen LogP contribution in [-0.2, 0) is 4.79 Å². The van der Waals surface area contributed by atoms with E-state index in [2.05, 4.69) is 21.4 Å². The number of carbonyl (C=O) groups excluding carboxylic acids is 1. The number of nitrogens with zero attached hydrogens (tertiary/aromatic N) is 2. The predicted molar refractivity (Wildman–Crippen MR) is 96.4 cm³/mol. The fourth-order valence-corrected chi connectivity index (χ4v) is 2.79. The van der Waals surface area contributed by atoms with Crippen LogP contribution in [0.1, 0.15) is 37.4 Å². The van der Waals surface area contributed by atoms with Crippen molar-refractivity contribution in [3.63, 3.8) is 0 Å². The zero-order chi connectivity index (χ0) is 17.8. The molecule has 0 atom stereocenters. The van der Waals surface area contributed by atoms with Crippen LogP contribution < -0.4 is 5.32 Å². The number of benzene rings is 1. The lowest BCUT2D eigenvalue weighted by Crippen LogP contribution is -2.36. The van der Waals surface area contributed by atoms with Crippen LogP contribution in [0, 0.1) is 0 Å². The maximum absolute atomic E-state index is 12.2. The average molecular weight is 341 g/mol. The molecule has 132 valence electrons. The van der Waals surface area contributed by atoms with Crippen LogP contribution in [0.4, 0.5) is 5.88 Å². The third-order valence-electron chi connectivity index (χ3n) is 4.28. The van der Waals surface area contributed by atoms with Crippen molar-refractivity contribution in [3.05, 3.63) is 47.7 Å². The Morgan fingerprint density at radius 1 is 1.36 bits per heavy atom. The number of aromatic nitrogens is 1. The largest absolute Gasteiger partial charge is 0.508 e. The Labute approximate surface area is 147 Å². The first-order valence-electron chi connectivity index (χ1n) is 8.48. The number of phenolic OH excluding ortho intramolecular Hbond substituents is 1. The van der Waals surface area contributed by atoms with Gasteiger partial charge in [-0.25, -0.2) is 0 Å². The molecule has 0 saturated carbocycles. The van der Waals surface area contributed by atoms with E-state index in [0.29, 0.717) is 12.4 Å². The first-order valence-corrected chi connectivity index (χ1v) is 8.48. The van der Waals surface area contributed by atoms with E-state index >= 15 is 0 Å². The molecule has 2 N–H and O–H groups in total. The minimum absolute atomic E-state index is 0.104. The summed E-state index contributed by atoms with van der Waals surface area (Å²) in [6.45, 7) is 5.90. The number of amides is 1. The van der Waals surface area contributed by atoms with Gasteiger partial charge in [0.2, 0.25) is 11.8 Å². The van der Waals surface area contributed by atoms with Gasteiger partial charge in [0.15, 0.2) is 0 Å². The van der Waals surface area contributed by atoms with Crippen molar-refractivity contribution in [1.82, 2.24) is 10.1 Å². The van der Waals surface area contributed by atoms with Gasteiger partial charge in [0.05, 0.1) is 12.2 Å². The van der Waals surface area contributed by atoms with Gasteiger partial charge >= 0.3 is 0 Å². The lowest BCUT2D eigenvalue weighted by atomic mass is 9.99. The molecule has 6 heteroatoms. The molecular weight excluding hydrogens is 318 g/mol. The molecule has 1 aromatic carbocycles. The van der Waals surface area contributed by atoms with Gasteiger partial charge in [-0.1, -0.05) is 37.2 Å². The fourth-order valence-electron chi connectivity index (χ4n) is 2.79. The van der Waals surface area contributed by atoms with Gasteiger partial charge in [0, 0.05) is 19.2 Å². The summed E-state index contributed by atoms with van der Waals surface area (Å²) in [4.78, 5) is 14.2. The van der Waals surface area contributed by atoms with Crippen LogP contribution in [0.2, 0.25) is 0 Å². The van der Waals surface area contributed by atoms with Crippen molar-refractivity contribution in [1.29, 1.82) is 0 Å². The molecule has 0 saturated heterocycles. The highest BCUT2D eigenvalue weighted by molar-refractivity contribution is 5.91. The standard InChI is InChI=1S/C19H23N3O3/c1-13(2)17-11-19(25-21-17)20-18(24)12-22-9-7-15(8-10-22)14-3-5-16(23)6-4-14/h3-7,11,13,23H,8-10,12H2,1-2H3,(H,20,24). The molecule has 25 heavy (non-hydrogen) atoms. The first-order chi connectivity index (χ1) is 12.0. The summed E-state index contributed by atoms with van der Waals surface area (Å²) in [5.74, 6) is 0.824. The molecule has 0 fully saturated rings. The Bertz CT molecular complexity index is 762. The Balaban J connectivity index is 1.52. The molecule has 0 spiro atoms. The number of rotatable bonds is 5. The minimum Gasteiger partial charge on any atom is -0.508 e. The van der Waals surface area contributed by atoms with E-state index in [-0.39, 0.29) is 17.6 Å². The van der Waals surface area contributed by atoms with Gasteiger partial charge in [-0.05, 0) is 35.6 Å².